The molecule has 0 aliphatic heterocycles. The van der Waals surface area contributed by atoms with E-state index in [1.165, 1.54) is 30.3 Å². The first-order chi connectivity index (χ1) is 9.04. The highest BCUT2D eigenvalue weighted by Gasteiger charge is 2.19. The van der Waals surface area contributed by atoms with Gasteiger partial charge < -0.3 is 0 Å². The maximum absolute atomic E-state index is 13.7. The van der Waals surface area contributed by atoms with Crippen LogP contribution in [0.1, 0.15) is 17.2 Å². The Kier molecular flexibility index (Phi) is 4.24. The summed E-state index contributed by atoms with van der Waals surface area (Å²) in [6.07, 6.45) is 0. The predicted octanol–water partition coefficient (Wildman–Crippen LogP) is 3.42. The van der Waals surface area contributed by atoms with Gasteiger partial charge in [0.25, 0.3) is 0 Å². The molecule has 0 spiro atoms. The molecule has 2 aromatic carbocycles. The summed E-state index contributed by atoms with van der Waals surface area (Å²) in [5.41, 5.74) is 2.97. The molecule has 6 heteroatoms. The van der Waals surface area contributed by atoms with Crippen LogP contribution in [0.15, 0.2) is 40.9 Å². The van der Waals surface area contributed by atoms with E-state index < -0.39 is 23.5 Å². The van der Waals surface area contributed by atoms with Gasteiger partial charge >= 0.3 is 0 Å². The number of halogens is 4. The van der Waals surface area contributed by atoms with E-state index >= 15 is 0 Å². The number of rotatable bonds is 3. The molecule has 0 aliphatic carbocycles. The Morgan fingerprint density at radius 3 is 2.42 bits per heavy atom. The first kappa shape index (κ1) is 14.0. The molecule has 3 N–H and O–H groups in total. The van der Waals surface area contributed by atoms with Crippen LogP contribution in [-0.2, 0) is 0 Å². The van der Waals surface area contributed by atoms with Gasteiger partial charge in [0.05, 0.1) is 10.5 Å². The minimum atomic E-state index is -0.981. The molecule has 0 radical (unpaired) electrons. The lowest BCUT2D eigenvalue weighted by atomic mass is 9.98. The summed E-state index contributed by atoms with van der Waals surface area (Å²) >= 11 is 3.04. The van der Waals surface area contributed by atoms with Crippen molar-refractivity contribution >= 4 is 15.9 Å². The summed E-state index contributed by atoms with van der Waals surface area (Å²) in [7, 11) is 0. The maximum Gasteiger partial charge on any atom is 0.163 e. The largest absolute Gasteiger partial charge is 0.271 e. The van der Waals surface area contributed by atoms with Crippen LogP contribution in [-0.4, -0.2) is 0 Å². The third kappa shape index (κ3) is 2.80. The molecule has 1 unspecified atom stereocenters. The molecule has 0 aromatic heterocycles. The van der Waals surface area contributed by atoms with Gasteiger partial charge in [-0.05, 0) is 39.7 Å². The Balaban J connectivity index is 2.50. The Morgan fingerprint density at radius 1 is 1.05 bits per heavy atom. The van der Waals surface area contributed by atoms with Crippen molar-refractivity contribution in [2.45, 2.75) is 6.04 Å². The molecule has 100 valence electrons. The topological polar surface area (TPSA) is 38.0 Å². The average molecular weight is 331 g/mol. The van der Waals surface area contributed by atoms with Crippen molar-refractivity contribution in [3.63, 3.8) is 0 Å². The van der Waals surface area contributed by atoms with Gasteiger partial charge in [0.15, 0.2) is 11.6 Å². The molecule has 19 heavy (non-hydrogen) atoms. The van der Waals surface area contributed by atoms with Crippen molar-refractivity contribution in [2.24, 2.45) is 5.84 Å². The minimum absolute atomic E-state index is 0.0565. The summed E-state index contributed by atoms with van der Waals surface area (Å²) in [5.74, 6) is 3.01. The second kappa shape index (κ2) is 5.73. The summed E-state index contributed by atoms with van der Waals surface area (Å²) in [4.78, 5) is 0. The summed E-state index contributed by atoms with van der Waals surface area (Å²) < 4.78 is 40.4. The van der Waals surface area contributed by atoms with Crippen LogP contribution in [0.3, 0.4) is 0 Å². The lowest BCUT2D eigenvalue weighted by Gasteiger charge is -2.18. The van der Waals surface area contributed by atoms with Crippen molar-refractivity contribution in [2.75, 3.05) is 0 Å². The number of nitrogens with one attached hydrogen (secondary N) is 1. The lowest BCUT2D eigenvalue weighted by molar-refractivity contribution is 0.483. The van der Waals surface area contributed by atoms with Crippen LogP contribution >= 0.6 is 15.9 Å². The van der Waals surface area contributed by atoms with Gasteiger partial charge in [-0.1, -0.05) is 18.2 Å². The van der Waals surface area contributed by atoms with E-state index in [9.17, 15) is 13.2 Å². The van der Waals surface area contributed by atoms with Gasteiger partial charge in [0, 0.05) is 5.56 Å². The third-order valence-corrected chi connectivity index (χ3v) is 3.34. The number of hydrazine groups is 1. The van der Waals surface area contributed by atoms with Gasteiger partial charge in [0.2, 0.25) is 0 Å². The first-order valence-electron chi connectivity index (χ1n) is 5.39. The van der Waals surface area contributed by atoms with Gasteiger partial charge in [-0.15, -0.1) is 0 Å². The molecule has 0 saturated heterocycles. The van der Waals surface area contributed by atoms with Crippen LogP contribution in [0.4, 0.5) is 13.2 Å². The van der Waals surface area contributed by atoms with Crippen LogP contribution in [0, 0.1) is 17.5 Å². The lowest BCUT2D eigenvalue weighted by Crippen LogP contribution is -2.29. The maximum atomic E-state index is 13.7. The summed E-state index contributed by atoms with van der Waals surface area (Å²) in [5, 5.41) is 0. The number of benzene rings is 2. The number of hydrogen-bond acceptors (Lipinski definition) is 2. The molecule has 2 nitrogen and oxygen atoms in total. The predicted molar refractivity (Wildman–Crippen MR) is 69.6 cm³/mol. The second-order valence-electron chi connectivity index (χ2n) is 3.92. The molecule has 0 fully saturated rings. The summed E-state index contributed by atoms with van der Waals surface area (Å²) in [6, 6.07) is 7.19. The van der Waals surface area contributed by atoms with Crippen LogP contribution in [0.5, 0.6) is 0 Å². The minimum Gasteiger partial charge on any atom is -0.271 e. The van der Waals surface area contributed by atoms with Gasteiger partial charge in [-0.3, -0.25) is 5.84 Å². The summed E-state index contributed by atoms with van der Waals surface area (Å²) in [6.45, 7) is 0. The zero-order valence-corrected chi connectivity index (χ0v) is 11.2. The van der Waals surface area contributed by atoms with Crippen molar-refractivity contribution in [1.82, 2.24) is 5.43 Å². The molecule has 0 saturated carbocycles. The number of nitrogens with two attached hydrogens (primary N) is 1. The fraction of sp³-hybridized carbons (Fsp3) is 0.0769. The average Bonchev–Trinajstić information content (AvgIpc) is 2.39. The molecular formula is C13H10BrF3N2. The van der Waals surface area contributed by atoms with Gasteiger partial charge in [0.1, 0.15) is 5.82 Å². The van der Waals surface area contributed by atoms with E-state index in [1.54, 1.807) is 0 Å². The van der Waals surface area contributed by atoms with E-state index in [1.807, 2.05) is 0 Å². The van der Waals surface area contributed by atoms with Crippen molar-refractivity contribution in [3.8, 4) is 0 Å². The third-order valence-electron chi connectivity index (χ3n) is 2.74. The van der Waals surface area contributed by atoms with E-state index in [0.717, 1.165) is 6.07 Å². The monoisotopic (exact) mass is 330 g/mol. The van der Waals surface area contributed by atoms with Gasteiger partial charge in [-0.2, -0.15) is 0 Å². The standard InChI is InChI=1S/C13H10BrF3N2/c14-9-6-7(4-5-10(9)15)13(19-18)8-2-1-3-11(16)12(8)17/h1-6,13,19H,18H2. The van der Waals surface area contributed by atoms with E-state index in [4.69, 9.17) is 5.84 Å². The quantitative estimate of drug-likeness (QED) is 0.668. The van der Waals surface area contributed by atoms with E-state index in [0.29, 0.717) is 5.56 Å². The Bertz CT molecular complexity index is 604. The highest BCUT2D eigenvalue weighted by Crippen LogP contribution is 2.28. The fourth-order valence-corrected chi connectivity index (χ4v) is 2.20. The fourth-order valence-electron chi connectivity index (χ4n) is 1.80. The van der Waals surface area contributed by atoms with E-state index in [-0.39, 0.29) is 10.0 Å². The van der Waals surface area contributed by atoms with Crippen molar-refractivity contribution in [1.29, 1.82) is 0 Å². The molecule has 0 amide bonds. The van der Waals surface area contributed by atoms with Crippen molar-refractivity contribution < 1.29 is 13.2 Å². The van der Waals surface area contributed by atoms with Crippen LogP contribution in [0.2, 0.25) is 0 Å². The molecule has 0 heterocycles. The SMILES string of the molecule is NNC(c1ccc(F)c(Br)c1)c1cccc(F)c1F. The molecular weight excluding hydrogens is 321 g/mol. The van der Waals surface area contributed by atoms with Crippen molar-refractivity contribution in [3.05, 3.63) is 69.4 Å². The van der Waals surface area contributed by atoms with Crippen LogP contribution < -0.4 is 11.3 Å². The molecule has 0 bridgehead atoms. The van der Waals surface area contributed by atoms with E-state index in [2.05, 4.69) is 21.4 Å². The Labute approximate surface area is 116 Å². The normalized spacial score (nSPS) is 12.5. The zero-order chi connectivity index (χ0) is 14.0. The molecule has 2 aromatic rings. The molecule has 2 rings (SSSR count). The zero-order valence-electron chi connectivity index (χ0n) is 9.63. The Morgan fingerprint density at radius 2 is 1.79 bits per heavy atom. The highest BCUT2D eigenvalue weighted by atomic mass is 79.9. The van der Waals surface area contributed by atoms with Crippen LogP contribution in [0.25, 0.3) is 0 Å². The van der Waals surface area contributed by atoms with Gasteiger partial charge in [-0.25, -0.2) is 18.6 Å². The number of hydrogen-bond donors (Lipinski definition) is 2. The molecule has 0 aliphatic rings. The second-order valence-corrected chi connectivity index (χ2v) is 4.77. The first-order valence-corrected chi connectivity index (χ1v) is 6.19. The highest BCUT2D eigenvalue weighted by molar-refractivity contribution is 9.10. The smallest absolute Gasteiger partial charge is 0.163 e. The molecule has 1 atom stereocenters. The Hall–Kier alpha value is -1.37.